The van der Waals surface area contributed by atoms with Crippen molar-refractivity contribution in [3.05, 3.63) is 76.3 Å². The number of nitrogens with one attached hydrogen (secondary N) is 1. The van der Waals surface area contributed by atoms with Gasteiger partial charge in [-0.15, -0.1) is 0 Å². The highest BCUT2D eigenvalue weighted by Crippen LogP contribution is 2.33. The summed E-state index contributed by atoms with van der Waals surface area (Å²) in [7, 11) is 0. The van der Waals surface area contributed by atoms with Gasteiger partial charge in [0.2, 0.25) is 5.91 Å². The van der Waals surface area contributed by atoms with Gasteiger partial charge < -0.3 is 9.88 Å². The number of H-pyrrole nitrogens is 1. The van der Waals surface area contributed by atoms with Gasteiger partial charge in [-0.1, -0.05) is 37.3 Å². The lowest BCUT2D eigenvalue weighted by atomic mass is 10.0. The Hall–Kier alpha value is -3.67. The van der Waals surface area contributed by atoms with Crippen LogP contribution in [-0.4, -0.2) is 38.4 Å². The lowest BCUT2D eigenvalue weighted by Gasteiger charge is -2.20. The normalized spacial score (nSPS) is 17.7. The number of hydrogen-bond donors (Lipinski definition) is 1. The number of carbonyl (C=O) groups excluding carboxylic acids is 1. The van der Waals surface area contributed by atoms with Crippen LogP contribution >= 0.6 is 0 Å². The van der Waals surface area contributed by atoms with Crippen molar-refractivity contribution in [2.45, 2.75) is 46.1 Å². The largest absolute Gasteiger partial charge is 0.361 e. The Morgan fingerprint density at radius 1 is 1.03 bits per heavy atom. The number of aryl methyl sites for hydroxylation is 1. The molecule has 1 aliphatic carbocycles. The summed E-state index contributed by atoms with van der Waals surface area (Å²) in [4.78, 5) is 36.3. The third kappa shape index (κ3) is 4.15. The molecule has 1 unspecified atom stereocenters. The topological polar surface area (TPSA) is 71.0 Å². The van der Waals surface area contributed by atoms with Crippen LogP contribution in [0.3, 0.4) is 0 Å². The van der Waals surface area contributed by atoms with Gasteiger partial charge in [-0.2, -0.15) is 0 Å². The molecule has 6 rings (SSSR count). The molecular weight excluding hydrogens is 448 g/mol. The number of nitrogens with zero attached hydrogens (tertiary/aromatic N) is 3. The van der Waals surface area contributed by atoms with E-state index in [1.807, 2.05) is 29.5 Å². The second kappa shape index (κ2) is 9.08. The minimum Gasteiger partial charge on any atom is -0.361 e. The van der Waals surface area contributed by atoms with Gasteiger partial charge >= 0.3 is 0 Å². The number of benzene rings is 2. The lowest BCUT2D eigenvalue weighted by Crippen LogP contribution is -2.33. The molecule has 184 valence electrons. The molecule has 1 aliphatic heterocycles. The van der Waals surface area contributed by atoms with Crippen LogP contribution in [0.1, 0.15) is 37.4 Å². The van der Waals surface area contributed by atoms with Gasteiger partial charge in [0.15, 0.2) is 0 Å². The Morgan fingerprint density at radius 3 is 2.53 bits per heavy atom. The molecule has 1 N–H and O–H groups in total. The zero-order valence-electron chi connectivity index (χ0n) is 21.0. The average molecular weight is 481 g/mol. The maximum Gasteiger partial charge on any atom is 0.257 e. The SMILES string of the molecule is CCc1c(C)nc(-c2ccc(-c3ccc4[nH]ccc4c3)cc2)n(CC2CCN(C(=O)C3CC3)C2)c1=O. The predicted octanol–water partition coefficient (Wildman–Crippen LogP) is 5.19. The highest BCUT2D eigenvalue weighted by molar-refractivity contribution is 5.85. The molecule has 1 atom stereocenters. The second-order valence-electron chi connectivity index (χ2n) is 10.3. The van der Waals surface area contributed by atoms with E-state index in [1.165, 1.54) is 5.39 Å². The van der Waals surface area contributed by atoms with Crippen LogP contribution in [0.4, 0.5) is 0 Å². The van der Waals surface area contributed by atoms with E-state index in [9.17, 15) is 9.59 Å². The van der Waals surface area contributed by atoms with Gasteiger partial charge in [-0.3, -0.25) is 14.2 Å². The molecular formula is C30H32N4O2. The minimum atomic E-state index is 0.0500. The smallest absolute Gasteiger partial charge is 0.257 e. The monoisotopic (exact) mass is 480 g/mol. The quantitative estimate of drug-likeness (QED) is 0.413. The fourth-order valence-corrected chi connectivity index (χ4v) is 5.57. The van der Waals surface area contributed by atoms with Crippen molar-refractivity contribution in [3.63, 3.8) is 0 Å². The van der Waals surface area contributed by atoms with Crippen LogP contribution in [-0.2, 0) is 17.8 Å². The van der Waals surface area contributed by atoms with Crippen molar-refractivity contribution in [3.8, 4) is 22.5 Å². The minimum absolute atomic E-state index is 0.0500. The summed E-state index contributed by atoms with van der Waals surface area (Å²) in [5, 5.41) is 1.18. The highest BCUT2D eigenvalue weighted by Gasteiger charge is 2.36. The van der Waals surface area contributed by atoms with Gasteiger partial charge in [0, 0.05) is 54.1 Å². The molecule has 1 amide bonds. The summed E-state index contributed by atoms with van der Waals surface area (Å²) in [6, 6.07) is 16.8. The lowest BCUT2D eigenvalue weighted by molar-refractivity contribution is -0.131. The first-order valence-electron chi connectivity index (χ1n) is 13.1. The van der Waals surface area contributed by atoms with Gasteiger partial charge in [0.05, 0.1) is 0 Å². The standard InChI is InChI=1S/C30H32N4O2/c1-3-26-19(2)32-28(34(30(26)36)18-20-13-15-33(17-20)29(35)23-8-9-23)22-6-4-21(5-7-22)24-10-11-27-25(16-24)12-14-31-27/h4-7,10-12,14,16,20,23,31H,3,8-9,13,15,17-18H2,1-2H3. The van der Waals surface area contributed by atoms with Crippen molar-refractivity contribution >= 4 is 16.8 Å². The van der Waals surface area contributed by atoms with Crippen LogP contribution in [0.2, 0.25) is 0 Å². The van der Waals surface area contributed by atoms with E-state index in [-0.39, 0.29) is 17.4 Å². The molecule has 2 aliphatic rings. The Balaban J connectivity index is 1.31. The van der Waals surface area contributed by atoms with Crippen molar-refractivity contribution in [1.82, 2.24) is 19.4 Å². The van der Waals surface area contributed by atoms with Crippen LogP contribution in [0, 0.1) is 18.8 Å². The molecule has 2 aromatic carbocycles. The molecule has 1 saturated carbocycles. The molecule has 6 heteroatoms. The van der Waals surface area contributed by atoms with Crippen molar-refractivity contribution in [2.24, 2.45) is 11.8 Å². The molecule has 2 fully saturated rings. The van der Waals surface area contributed by atoms with E-state index in [4.69, 9.17) is 4.98 Å². The number of fused-ring (bicyclic) bond motifs is 1. The van der Waals surface area contributed by atoms with Crippen molar-refractivity contribution in [1.29, 1.82) is 0 Å². The predicted molar refractivity (Wildman–Crippen MR) is 143 cm³/mol. The van der Waals surface area contributed by atoms with Gasteiger partial charge in [-0.25, -0.2) is 4.98 Å². The summed E-state index contributed by atoms with van der Waals surface area (Å²) >= 11 is 0. The van der Waals surface area contributed by atoms with Gasteiger partial charge in [-0.05, 0) is 73.2 Å². The number of hydrogen-bond acceptors (Lipinski definition) is 3. The first kappa shape index (κ1) is 22.8. The molecule has 0 spiro atoms. The molecule has 6 nitrogen and oxygen atoms in total. The molecule has 2 aromatic heterocycles. The first-order chi connectivity index (χ1) is 17.5. The van der Waals surface area contributed by atoms with Crippen LogP contribution in [0.25, 0.3) is 33.4 Å². The number of rotatable bonds is 6. The summed E-state index contributed by atoms with van der Waals surface area (Å²) in [6.45, 7) is 6.06. The van der Waals surface area contributed by atoms with Gasteiger partial charge in [0.25, 0.3) is 5.56 Å². The third-order valence-electron chi connectivity index (χ3n) is 7.82. The average Bonchev–Trinajstić information content (AvgIpc) is 3.45. The summed E-state index contributed by atoms with van der Waals surface area (Å²) in [6.07, 6.45) is 5.60. The Kier molecular flexibility index (Phi) is 5.75. The fraction of sp³-hybridized carbons (Fsp3) is 0.367. The van der Waals surface area contributed by atoms with Crippen LogP contribution in [0.5, 0.6) is 0 Å². The maximum atomic E-state index is 13.6. The number of amides is 1. The fourth-order valence-electron chi connectivity index (χ4n) is 5.57. The third-order valence-corrected chi connectivity index (χ3v) is 7.82. The van der Waals surface area contributed by atoms with E-state index in [1.54, 1.807) is 0 Å². The maximum absolute atomic E-state index is 13.6. The van der Waals surface area contributed by atoms with E-state index < -0.39 is 0 Å². The van der Waals surface area contributed by atoms with E-state index in [2.05, 4.69) is 53.5 Å². The Morgan fingerprint density at radius 2 is 1.78 bits per heavy atom. The Bertz CT molecular complexity index is 1490. The number of aromatic nitrogens is 3. The molecule has 0 radical (unpaired) electrons. The van der Waals surface area contributed by atoms with Gasteiger partial charge in [0.1, 0.15) is 5.82 Å². The highest BCUT2D eigenvalue weighted by atomic mass is 16.2. The zero-order chi connectivity index (χ0) is 24.8. The number of aromatic amines is 1. The Labute approximate surface area is 211 Å². The van der Waals surface area contributed by atoms with Crippen LogP contribution < -0.4 is 5.56 Å². The van der Waals surface area contributed by atoms with Crippen LogP contribution in [0.15, 0.2) is 59.5 Å². The first-order valence-corrected chi connectivity index (χ1v) is 13.1. The molecule has 1 saturated heterocycles. The summed E-state index contributed by atoms with van der Waals surface area (Å²) in [5.41, 5.74) is 5.97. The second-order valence-corrected chi connectivity index (χ2v) is 10.3. The van der Waals surface area contributed by atoms with E-state index >= 15 is 0 Å². The summed E-state index contributed by atoms with van der Waals surface area (Å²) in [5.74, 6) is 1.53. The zero-order valence-corrected chi connectivity index (χ0v) is 21.0. The molecule has 0 bridgehead atoms. The summed E-state index contributed by atoms with van der Waals surface area (Å²) < 4.78 is 1.86. The van der Waals surface area contributed by atoms with Crippen molar-refractivity contribution < 1.29 is 4.79 Å². The number of likely N-dealkylation sites (tertiary alicyclic amines) is 1. The van der Waals surface area contributed by atoms with Crippen molar-refractivity contribution in [2.75, 3.05) is 13.1 Å². The van der Waals surface area contributed by atoms with E-state index in [0.717, 1.165) is 65.8 Å². The molecule has 3 heterocycles. The molecule has 4 aromatic rings. The number of carbonyl (C=O) groups is 1. The molecule has 36 heavy (non-hydrogen) atoms. The van der Waals surface area contributed by atoms with E-state index in [0.29, 0.717) is 24.7 Å².